The molecule has 0 fully saturated rings. The molecule has 0 aliphatic heterocycles. The van der Waals surface area contributed by atoms with Crippen molar-refractivity contribution in [1.29, 1.82) is 0 Å². The molecule has 0 bridgehead atoms. The van der Waals surface area contributed by atoms with Gasteiger partial charge in [-0.15, -0.1) is 6.58 Å². The summed E-state index contributed by atoms with van der Waals surface area (Å²) in [5, 5.41) is 0. The van der Waals surface area contributed by atoms with Crippen molar-refractivity contribution in [3.63, 3.8) is 0 Å². The van der Waals surface area contributed by atoms with Gasteiger partial charge in [0.05, 0.1) is 32.7 Å². The molecule has 0 radical (unpaired) electrons. The number of hydrogen-bond acceptors (Lipinski definition) is 6. The van der Waals surface area contributed by atoms with Crippen LogP contribution < -0.4 is 4.74 Å². The van der Waals surface area contributed by atoms with Crippen LogP contribution in [0.5, 0.6) is 5.75 Å². The Bertz CT molecular complexity index is 657. The molecule has 0 aliphatic rings. The van der Waals surface area contributed by atoms with E-state index < -0.39 is 10.1 Å². The number of unbranched alkanes of at least 4 members (excludes halogenated alkanes) is 5. The molecule has 6 nitrogen and oxygen atoms in total. The topological polar surface area (TPSA) is 71.1 Å². The molecule has 1 aromatic rings. The van der Waals surface area contributed by atoms with Crippen LogP contribution in [0, 0.1) is 0 Å². The largest absolute Gasteiger partial charge is 0.491 e. The third-order valence-corrected chi connectivity index (χ3v) is 5.83. The van der Waals surface area contributed by atoms with Crippen molar-refractivity contribution in [3.05, 3.63) is 42.5 Å². The summed E-state index contributed by atoms with van der Waals surface area (Å²) in [5.41, 5.74) is 1.31. The molecule has 0 heterocycles. The van der Waals surface area contributed by atoms with Gasteiger partial charge in [-0.1, -0.05) is 57.2 Å². The van der Waals surface area contributed by atoms with Crippen molar-refractivity contribution in [3.8, 4) is 5.75 Å². The first-order valence-electron chi connectivity index (χ1n) is 10.8. The fourth-order valence-corrected chi connectivity index (χ4v) is 3.35. The minimum absolute atomic E-state index is 0.0127. The van der Waals surface area contributed by atoms with Gasteiger partial charge < -0.3 is 14.2 Å². The van der Waals surface area contributed by atoms with E-state index in [4.69, 9.17) is 14.2 Å². The van der Waals surface area contributed by atoms with E-state index in [2.05, 4.69) is 29.8 Å². The second-order valence-electron chi connectivity index (χ2n) is 7.22. The molecule has 0 aliphatic carbocycles. The van der Waals surface area contributed by atoms with Gasteiger partial charge in [-0.2, -0.15) is 8.42 Å². The van der Waals surface area contributed by atoms with Crippen molar-refractivity contribution < 1.29 is 26.8 Å². The van der Waals surface area contributed by atoms with Gasteiger partial charge in [-0.05, 0) is 30.5 Å². The average Bonchev–Trinajstić information content (AvgIpc) is 2.75. The number of aryl methyl sites for hydroxylation is 1. The third kappa shape index (κ3) is 13.0. The van der Waals surface area contributed by atoms with Crippen molar-refractivity contribution in [1.82, 2.24) is 0 Å². The first-order valence-corrected chi connectivity index (χ1v) is 12.4. The van der Waals surface area contributed by atoms with Gasteiger partial charge in [-0.25, -0.2) is 0 Å². The van der Waals surface area contributed by atoms with Gasteiger partial charge >= 0.3 is 0 Å². The Balaban J connectivity index is 2.40. The highest BCUT2D eigenvalue weighted by molar-refractivity contribution is 7.86. The average molecular weight is 443 g/mol. The number of rotatable bonds is 19. The Kier molecular flexibility index (Phi) is 14.5. The second-order valence-corrected chi connectivity index (χ2v) is 9.08. The first-order chi connectivity index (χ1) is 14.5. The lowest BCUT2D eigenvalue weighted by atomic mass is 10.0. The molecule has 0 N–H and O–H groups in total. The second kappa shape index (κ2) is 16.3. The number of ether oxygens (including phenoxy) is 3. The monoisotopic (exact) mass is 442 g/mol. The molecule has 172 valence electrons. The van der Waals surface area contributed by atoms with Crippen LogP contribution in [0.1, 0.15) is 51.0 Å². The molecule has 7 heteroatoms. The quantitative estimate of drug-likeness (QED) is 0.178. The summed E-state index contributed by atoms with van der Waals surface area (Å²) in [5.74, 6) is 0.540. The van der Waals surface area contributed by atoms with Crippen molar-refractivity contribution in [2.24, 2.45) is 0 Å². The molecule has 0 amide bonds. The zero-order valence-corrected chi connectivity index (χ0v) is 19.3. The van der Waals surface area contributed by atoms with Gasteiger partial charge in [0, 0.05) is 0 Å². The van der Waals surface area contributed by atoms with Crippen LogP contribution in [0.15, 0.2) is 36.9 Å². The minimum Gasteiger partial charge on any atom is -0.491 e. The van der Waals surface area contributed by atoms with Crippen molar-refractivity contribution in [2.75, 3.05) is 39.3 Å². The maximum absolute atomic E-state index is 11.4. The molecule has 1 rings (SSSR count). The van der Waals surface area contributed by atoms with Crippen LogP contribution >= 0.6 is 0 Å². The highest BCUT2D eigenvalue weighted by Gasteiger charge is 2.14. The third-order valence-electron chi connectivity index (χ3n) is 4.66. The lowest BCUT2D eigenvalue weighted by molar-refractivity contribution is -0.0267. The number of benzene rings is 1. The van der Waals surface area contributed by atoms with E-state index in [1.807, 2.05) is 12.1 Å². The highest BCUT2D eigenvalue weighted by atomic mass is 32.2. The van der Waals surface area contributed by atoms with E-state index in [9.17, 15) is 8.42 Å². The standard InChI is InChI=1S/C23H38O6S/c1-4-6-7-8-9-10-11-21-12-14-22(15-13-21)29-20-23(19-27-16-5-2)28-17-18-30(24,25)26-3/h5,12-15,23H,2,4,6-11,16-20H2,1,3H3. The predicted octanol–water partition coefficient (Wildman–Crippen LogP) is 4.53. The summed E-state index contributed by atoms with van der Waals surface area (Å²) >= 11 is 0. The molecule has 0 spiro atoms. The van der Waals surface area contributed by atoms with Crippen LogP contribution in [-0.4, -0.2) is 53.8 Å². The molecular formula is C23H38O6S. The predicted molar refractivity (Wildman–Crippen MR) is 121 cm³/mol. The van der Waals surface area contributed by atoms with Crippen LogP contribution in [0.3, 0.4) is 0 Å². The fraction of sp³-hybridized carbons (Fsp3) is 0.652. The maximum atomic E-state index is 11.4. The van der Waals surface area contributed by atoms with Gasteiger partial charge in [0.1, 0.15) is 18.5 Å². The summed E-state index contributed by atoms with van der Waals surface area (Å²) in [6, 6.07) is 8.11. The molecule has 0 saturated carbocycles. The van der Waals surface area contributed by atoms with E-state index in [1.165, 1.54) is 44.1 Å². The molecule has 1 atom stereocenters. The van der Waals surface area contributed by atoms with E-state index in [-0.39, 0.29) is 31.7 Å². The fourth-order valence-electron chi connectivity index (χ4n) is 2.88. The molecule has 0 aromatic heterocycles. The highest BCUT2D eigenvalue weighted by Crippen LogP contribution is 2.16. The summed E-state index contributed by atoms with van der Waals surface area (Å²) in [6.45, 7) is 6.80. The van der Waals surface area contributed by atoms with E-state index >= 15 is 0 Å². The SMILES string of the molecule is C=CCOCC(COc1ccc(CCCCCCCC)cc1)OCCS(=O)(=O)OC. The molecular weight excluding hydrogens is 404 g/mol. The summed E-state index contributed by atoms with van der Waals surface area (Å²) in [7, 11) is -2.41. The van der Waals surface area contributed by atoms with Crippen LogP contribution in [0.25, 0.3) is 0 Å². The van der Waals surface area contributed by atoms with E-state index in [0.29, 0.717) is 6.61 Å². The molecule has 1 aromatic carbocycles. The van der Waals surface area contributed by atoms with Gasteiger partial charge in [0.15, 0.2) is 0 Å². The number of hydrogen-bond donors (Lipinski definition) is 0. The van der Waals surface area contributed by atoms with Gasteiger partial charge in [-0.3, -0.25) is 4.18 Å². The smallest absolute Gasteiger partial charge is 0.269 e. The zero-order valence-electron chi connectivity index (χ0n) is 18.5. The Morgan fingerprint density at radius 2 is 1.73 bits per heavy atom. The maximum Gasteiger partial charge on any atom is 0.269 e. The Morgan fingerprint density at radius 1 is 1.03 bits per heavy atom. The molecule has 1 unspecified atom stereocenters. The van der Waals surface area contributed by atoms with Crippen LogP contribution in [0.4, 0.5) is 0 Å². The van der Waals surface area contributed by atoms with Crippen LogP contribution in [-0.2, 0) is 30.2 Å². The Morgan fingerprint density at radius 3 is 2.40 bits per heavy atom. The Labute approximate surface area is 182 Å². The normalized spacial score (nSPS) is 12.6. The first kappa shape index (κ1) is 26.6. The molecule has 30 heavy (non-hydrogen) atoms. The van der Waals surface area contributed by atoms with E-state index in [0.717, 1.165) is 19.3 Å². The van der Waals surface area contributed by atoms with E-state index in [1.54, 1.807) is 6.08 Å². The lowest BCUT2D eigenvalue weighted by Gasteiger charge is -2.18. The van der Waals surface area contributed by atoms with Crippen molar-refractivity contribution in [2.45, 2.75) is 58.0 Å². The van der Waals surface area contributed by atoms with Gasteiger partial charge in [0.2, 0.25) is 0 Å². The summed E-state index contributed by atoms with van der Waals surface area (Å²) in [4.78, 5) is 0. The Hall–Kier alpha value is -1.41. The zero-order chi connectivity index (χ0) is 22.1. The van der Waals surface area contributed by atoms with Crippen LogP contribution in [0.2, 0.25) is 0 Å². The lowest BCUT2D eigenvalue weighted by Crippen LogP contribution is -2.29. The summed E-state index contributed by atoms with van der Waals surface area (Å²) in [6.07, 6.45) is 10.1. The van der Waals surface area contributed by atoms with Crippen molar-refractivity contribution >= 4 is 10.1 Å². The van der Waals surface area contributed by atoms with Gasteiger partial charge in [0.25, 0.3) is 10.1 Å². The minimum atomic E-state index is -3.55. The molecule has 0 saturated heterocycles. The summed E-state index contributed by atoms with van der Waals surface area (Å²) < 4.78 is 44.1.